The molecule has 1 fully saturated rings. The molecule has 5 rings (SSSR count). The number of hydrogen-bond donors (Lipinski definition) is 3. The normalized spacial score (nSPS) is 20.9. The molecular weight excluding hydrogens is 505 g/mol. The summed E-state index contributed by atoms with van der Waals surface area (Å²) in [4.78, 5) is 40.2. The molecule has 0 bridgehead atoms. The van der Waals surface area contributed by atoms with Crippen molar-refractivity contribution >= 4 is 29.1 Å². The standard InChI is InChI=1S/C26H25Cl2N3O5/c1-2-13-12-31(26(35)30-24(13)33)17-7-14(20(32)10-17)11-29-25(34)23-18-8-15(27)3-5-21(18)36-22-6-4-16(28)9-19(22)23/h3-6,8-9,12,14,17,20,23,32H,2,7,10-11H2,1H3,(H,29,34)(H,30,33,35). The molecule has 1 saturated carbocycles. The number of aromatic amines is 1. The minimum absolute atomic E-state index is 0.221. The molecule has 8 nitrogen and oxygen atoms in total. The van der Waals surface area contributed by atoms with Crippen molar-refractivity contribution in [3.63, 3.8) is 0 Å². The van der Waals surface area contributed by atoms with Gasteiger partial charge in [-0.25, -0.2) is 4.79 Å². The third-order valence-electron chi connectivity index (χ3n) is 7.03. The number of aryl methyl sites for hydroxylation is 1. The van der Waals surface area contributed by atoms with Crippen molar-refractivity contribution < 1.29 is 14.6 Å². The Kier molecular flexibility index (Phi) is 6.68. The molecule has 1 aliphatic carbocycles. The van der Waals surface area contributed by atoms with Crippen molar-refractivity contribution in [2.24, 2.45) is 5.92 Å². The monoisotopic (exact) mass is 529 g/mol. The van der Waals surface area contributed by atoms with Crippen molar-refractivity contribution in [2.75, 3.05) is 6.54 Å². The highest BCUT2D eigenvalue weighted by Gasteiger charge is 2.37. The average molecular weight is 530 g/mol. The fourth-order valence-electron chi connectivity index (χ4n) is 5.15. The average Bonchev–Trinajstić information content (AvgIpc) is 3.21. The molecule has 1 aromatic heterocycles. The van der Waals surface area contributed by atoms with Crippen LogP contribution in [0.25, 0.3) is 0 Å². The molecule has 2 aliphatic rings. The molecule has 188 valence electrons. The molecule has 0 spiro atoms. The van der Waals surface area contributed by atoms with Crippen LogP contribution >= 0.6 is 23.2 Å². The third-order valence-corrected chi connectivity index (χ3v) is 7.50. The summed E-state index contributed by atoms with van der Waals surface area (Å²) in [5.74, 6) is -0.140. The van der Waals surface area contributed by atoms with E-state index < -0.39 is 23.3 Å². The second-order valence-corrected chi connectivity index (χ2v) is 10.1. The minimum atomic E-state index is -0.711. The number of rotatable bonds is 5. The first-order chi connectivity index (χ1) is 17.2. The molecular formula is C26H25Cl2N3O5. The number of ether oxygens (including phenoxy) is 1. The Bertz CT molecular complexity index is 1400. The first kappa shape index (κ1) is 24.6. The molecule has 1 amide bonds. The lowest BCUT2D eigenvalue weighted by Crippen LogP contribution is -2.37. The van der Waals surface area contributed by atoms with Gasteiger partial charge in [-0.05, 0) is 55.7 Å². The van der Waals surface area contributed by atoms with Gasteiger partial charge < -0.3 is 15.2 Å². The summed E-state index contributed by atoms with van der Waals surface area (Å²) in [7, 11) is 0. The van der Waals surface area contributed by atoms with E-state index in [0.29, 0.717) is 57.5 Å². The lowest BCUT2D eigenvalue weighted by Gasteiger charge is -2.28. The molecule has 36 heavy (non-hydrogen) atoms. The molecule has 2 heterocycles. The Morgan fingerprint density at radius 1 is 1.11 bits per heavy atom. The van der Waals surface area contributed by atoms with Crippen LogP contribution in [-0.4, -0.2) is 33.2 Å². The number of nitrogens with one attached hydrogen (secondary N) is 2. The number of carbonyl (C=O) groups excluding carboxylic acids is 1. The van der Waals surface area contributed by atoms with Crippen LogP contribution in [0.3, 0.4) is 0 Å². The van der Waals surface area contributed by atoms with E-state index in [4.69, 9.17) is 27.9 Å². The topological polar surface area (TPSA) is 113 Å². The second kappa shape index (κ2) is 9.76. The number of hydrogen-bond acceptors (Lipinski definition) is 5. The van der Waals surface area contributed by atoms with Crippen molar-refractivity contribution in [3.05, 3.63) is 90.2 Å². The van der Waals surface area contributed by atoms with Crippen molar-refractivity contribution in [2.45, 2.75) is 44.2 Å². The number of aliphatic hydroxyl groups is 1. The quantitative estimate of drug-likeness (QED) is 0.465. The van der Waals surface area contributed by atoms with Crippen LogP contribution in [0.1, 0.15) is 48.4 Å². The first-order valence-corrected chi connectivity index (χ1v) is 12.6. The van der Waals surface area contributed by atoms with Crippen molar-refractivity contribution in [1.29, 1.82) is 0 Å². The van der Waals surface area contributed by atoms with E-state index in [9.17, 15) is 19.5 Å². The van der Waals surface area contributed by atoms with Gasteiger partial charge in [0.1, 0.15) is 11.5 Å². The molecule has 10 heteroatoms. The van der Waals surface area contributed by atoms with Crippen LogP contribution in [0, 0.1) is 5.92 Å². The molecule has 3 aromatic rings. The highest BCUT2D eigenvalue weighted by atomic mass is 35.5. The number of H-pyrrole nitrogens is 1. The van der Waals surface area contributed by atoms with Crippen LogP contribution in [-0.2, 0) is 11.2 Å². The van der Waals surface area contributed by atoms with Crippen molar-refractivity contribution in [3.8, 4) is 11.5 Å². The van der Waals surface area contributed by atoms with Gasteiger partial charge in [0.2, 0.25) is 5.91 Å². The number of benzene rings is 2. The van der Waals surface area contributed by atoms with Gasteiger partial charge in [0.15, 0.2) is 0 Å². The number of aliphatic hydroxyl groups excluding tert-OH is 1. The summed E-state index contributed by atoms with van der Waals surface area (Å²) in [5.41, 5.74) is 0.884. The van der Waals surface area contributed by atoms with Gasteiger partial charge >= 0.3 is 5.69 Å². The number of carbonyl (C=O) groups is 1. The lowest BCUT2D eigenvalue weighted by atomic mass is 9.87. The van der Waals surface area contributed by atoms with Crippen LogP contribution in [0.2, 0.25) is 10.0 Å². The summed E-state index contributed by atoms with van der Waals surface area (Å²) >= 11 is 12.5. The number of nitrogens with zero attached hydrogens (tertiary/aromatic N) is 1. The largest absolute Gasteiger partial charge is 0.457 e. The first-order valence-electron chi connectivity index (χ1n) is 11.8. The van der Waals surface area contributed by atoms with Crippen LogP contribution in [0.4, 0.5) is 0 Å². The van der Waals surface area contributed by atoms with Gasteiger partial charge in [0, 0.05) is 51.4 Å². The zero-order chi connectivity index (χ0) is 25.6. The predicted molar refractivity (Wildman–Crippen MR) is 136 cm³/mol. The Balaban J connectivity index is 1.36. The number of aromatic nitrogens is 2. The summed E-state index contributed by atoms with van der Waals surface area (Å²) in [6, 6.07) is 10.0. The summed E-state index contributed by atoms with van der Waals surface area (Å²) in [6.07, 6.45) is 2.19. The molecule has 2 aromatic carbocycles. The van der Waals surface area contributed by atoms with Gasteiger partial charge in [0.25, 0.3) is 5.56 Å². The maximum Gasteiger partial charge on any atom is 0.328 e. The zero-order valence-corrected chi connectivity index (χ0v) is 21.0. The molecule has 0 radical (unpaired) electrons. The maximum absolute atomic E-state index is 13.5. The second-order valence-electron chi connectivity index (χ2n) is 9.27. The zero-order valence-electron chi connectivity index (χ0n) is 19.5. The smallest absolute Gasteiger partial charge is 0.328 e. The lowest BCUT2D eigenvalue weighted by molar-refractivity contribution is -0.122. The summed E-state index contributed by atoms with van der Waals surface area (Å²) < 4.78 is 7.46. The number of fused-ring (bicyclic) bond motifs is 2. The fourth-order valence-corrected chi connectivity index (χ4v) is 5.51. The SMILES string of the molecule is CCc1cn(C2CC(O)C(CNC(=O)C3c4cc(Cl)ccc4Oc4ccc(Cl)cc43)C2)c(=O)[nH]c1=O. The highest BCUT2D eigenvalue weighted by molar-refractivity contribution is 6.31. The Morgan fingerprint density at radius 3 is 2.36 bits per heavy atom. The van der Waals surface area contributed by atoms with Gasteiger partial charge in [-0.15, -0.1) is 0 Å². The van der Waals surface area contributed by atoms with Gasteiger partial charge in [0.05, 0.1) is 12.0 Å². The van der Waals surface area contributed by atoms with Crippen LogP contribution < -0.4 is 21.3 Å². The Hall–Kier alpha value is -3.07. The molecule has 0 saturated heterocycles. The van der Waals surface area contributed by atoms with E-state index in [1.807, 2.05) is 6.92 Å². The van der Waals surface area contributed by atoms with E-state index in [-0.39, 0.29) is 24.4 Å². The van der Waals surface area contributed by atoms with Gasteiger partial charge in [-0.3, -0.25) is 19.1 Å². The van der Waals surface area contributed by atoms with E-state index >= 15 is 0 Å². The predicted octanol–water partition coefficient (Wildman–Crippen LogP) is 3.77. The number of halogens is 2. The Morgan fingerprint density at radius 2 is 1.75 bits per heavy atom. The minimum Gasteiger partial charge on any atom is -0.457 e. The van der Waals surface area contributed by atoms with Gasteiger partial charge in [-0.1, -0.05) is 30.1 Å². The van der Waals surface area contributed by atoms with E-state index in [2.05, 4.69) is 10.3 Å². The van der Waals surface area contributed by atoms with Crippen LogP contribution in [0.5, 0.6) is 11.5 Å². The summed E-state index contributed by atoms with van der Waals surface area (Å²) in [6.45, 7) is 2.06. The molecule has 3 atom stereocenters. The summed E-state index contributed by atoms with van der Waals surface area (Å²) in [5, 5.41) is 14.6. The third kappa shape index (κ3) is 4.56. The fraction of sp³-hybridized carbons (Fsp3) is 0.346. The van der Waals surface area contributed by atoms with Gasteiger partial charge in [-0.2, -0.15) is 0 Å². The van der Waals surface area contributed by atoms with E-state index in [0.717, 1.165) is 0 Å². The molecule has 3 unspecified atom stereocenters. The molecule has 1 aliphatic heterocycles. The van der Waals surface area contributed by atoms with E-state index in [1.54, 1.807) is 42.6 Å². The number of amides is 1. The van der Waals surface area contributed by atoms with Crippen LogP contribution in [0.15, 0.2) is 52.2 Å². The maximum atomic E-state index is 13.5. The highest BCUT2D eigenvalue weighted by Crippen LogP contribution is 2.46. The van der Waals surface area contributed by atoms with Crippen molar-refractivity contribution in [1.82, 2.24) is 14.9 Å². The Labute approximate surface area is 216 Å². The molecule has 3 N–H and O–H groups in total. The van der Waals surface area contributed by atoms with E-state index in [1.165, 1.54) is 4.57 Å².